The largest absolute Gasteiger partial charge is 0.455 e. The second kappa shape index (κ2) is 12.8. The molecule has 0 saturated heterocycles. The smallest absolute Gasteiger partial charge is 0.164 e. The molecule has 12 rings (SSSR count). The molecular weight excluding hydrogens is 735 g/mol. The van der Waals surface area contributed by atoms with Crippen molar-refractivity contribution in [1.29, 1.82) is 0 Å². The van der Waals surface area contributed by atoms with Gasteiger partial charge in [0.25, 0.3) is 0 Å². The number of fused-ring (bicyclic) bond motifs is 9. The van der Waals surface area contributed by atoms with Gasteiger partial charge in [0.05, 0.1) is 0 Å². The van der Waals surface area contributed by atoms with Crippen molar-refractivity contribution in [3.05, 3.63) is 176 Å². The molecule has 4 heterocycles. The molecule has 6 heteroatoms. The van der Waals surface area contributed by atoms with E-state index in [1.165, 1.54) is 51.5 Å². The van der Waals surface area contributed by atoms with E-state index in [-0.39, 0.29) is 0 Å². The summed E-state index contributed by atoms with van der Waals surface area (Å²) in [6.07, 6.45) is 0. The molecular formula is C51H29N3OS2. The summed E-state index contributed by atoms with van der Waals surface area (Å²) in [6, 6.07) is 61.9. The molecule has 8 aromatic carbocycles. The second-order valence-corrected chi connectivity index (χ2v) is 16.4. The Kier molecular flexibility index (Phi) is 7.24. The quantitative estimate of drug-likeness (QED) is 0.175. The molecule has 0 spiro atoms. The third-order valence-electron chi connectivity index (χ3n) is 10.9. The zero-order valence-corrected chi connectivity index (χ0v) is 31.9. The van der Waals surface area contributed by atoms with E-state index in [4.69, 9.17) is 19.4 Å². The van der Waals surface area contributed by atoms with Crippen molar-refractivity contribution >= 4 is 85.0 Å². The van der Waals surface area contributed by atoms with Crippen LogP contribution in [0.5, 0.6) is 0 Å². The van der Waals surface area contributed by atoms with E-state index in [9.17, 15) is 0 Å². The lowest BCUT2D eigenvalue weighted by atomic mass is 9.92. The van der Waals surface area contributed by atoms with Crippen LogP contribution in [-0.4, -0.2) is 15.0 Å². The van der Waals surface area contributed by atoms with Crippen molar-refractivity contribution < 1.29 is 4.42 Å². The fraction of sp³-hybridized carbons (Fsp3) is 0. The van der Waals surface area contributed by atoms with Crippen LogP contribution in [0.2, 0.25) is 0 Å². The number of nitrogens with zero attached hydrogens (tertiary/aromatic N) is 3. The average Bonchev–Trinajstić information content (AvgIpc) is 3.98. The van der Waals surface area contributed by atoms with Gasteiger partial charge in [-0.25, -0.2) is 15.0 Å². The summed E-state index contributed by atoms with van der Waals surface area (Å²) < 4.78 is 12.1. The van der Waals surface area contributed by atoms with Crippen molar-refractivity contribution in [2.24, 2.45) is 0 Å². The second-order valence-electron chi connectivity index (χ2n) is 14.3. The average molecular weight is 764 g/mol. The monoisotopic (exact) mass is 763 g/mol. The fourth-order valence-electron chi connectivity index (χ4n) is 8.41. The van der Waals surface area contributed by atoms with Gasteiger partial charge in [0.1, 0.15) is 11.2 Å². The van der Waals surface area contributed by atoms with Gasteiger partial charge in [0, 0.05) is 73.4 Å². The molecule has 0 radical (unpaired) electrons. The molecule has 57 heavy (non-hydrogen) atoms. The first-order chi connectivity index (χ1) is 28.2. The molecule has 12 aromatic rings. The summed E-state index contributed by atoms with van der Waals surface area (Å²) in [5.74, 6) is 1.86. The Hall–Kier alpha value is -6.99. The summed E-state index contributed by atoms with van der Waals surface area (Å²) in [6.45, 7) is 0. The van der Waals surface area contributed by atoms with Gasteiger partial charge in [-0.15, -0.1) is 22.7 Å². The minimum absolute atomic E-state index is 0.603. The Balaban J connectivity index is 1.12. The topological polar surface area (TPSA) is 51.8 Å². The Morgan fingerprint density at radius 2 is 0.860 bits per heavy atom. The summed E-state index contributed by atoms with van der Waals surface area (Å²) in [7, 11) is 0. The summed E-state index contributed by atoms with van der Waals surface area (Å²) >= 11 is 3.70. The number of para-hydroxylation sites is 1. The molecule has 4 nitrogen and oxygen atoms in total. The third kappa shape index (κ3) is 5.15. The van der Waals surface area contributed by atoms with Crippen LogP contribution in [0.1, 0.15) is 0 Å². The number of aromatic nitrogens is 3. The first-order valence-electron chi connectivity index (χ1n) is 18.9. The van der Waals surface area contributed by atoms with Gasteiger partial charge in [-0.1, -0.05) is 140 Å². The van der Waals surface area contributed by atoms with Crippen LogP contribution >= 0.6 is 22.7 Å². The van der Waals surface area contributed by atoms with Gasteiger partial charge in [-0.05, 0) is 53.1 Å². The maximum Gasteiger partial charge on any atom is 0.164 e. The Morgan fingerprint density at radius 1 is 0.333 bits per heavy atom. The SMILES string of the molecule is c1ccc(-c2nc(-c3ccccc3)nc(-c3cccc4oc5c(-c6cc(-c7cccc8sc9ccccc9c78)cc7sc8ccccc8c67)cccc5c34)n2)cc1. The maximum atomic E-state index is 6.96. The number of thiophene rings is 2. The fourth-order valence-corrected chi connectivity index (χ4v) is 10.7. The van der Waals surface area contributed by atoms with Crippen LogP contribution in [0, 0.1) is 0 Å². The molecule has 0 aliphatic heterocycles. The lowest BCUT2D eigenvalue weighted by molar-refractivity contribution is 0.670. The predicted molar refractivity (Wildman–Crippen MR) is 240 cm³/mol. The summed E-state index contributed by atoms with van der Waals surface area (Å²) in [5, 5.41) is 7.09. The van der Waals surface area contributed by atoms with Crippen LogP contribution < -0.4 is 0 Å². The normalized spacial score (nSPS) is 11.9. The number of rotatable bonds is 5. The zero-order valence-electron chi connectivity index (χ0n) is 30.3. The van der Waals surface area contributed by atoms with Crippen LogP contribution in [0.15, 0.2) is 180 Å². The van der Waals surface area contributed by atoms with E-state index >= 15 is 0 Å². The molecule has 4 aromatic heterocycles. The number of hydrogen-bond acceptors (Lipinski definition) is 6. The van der Waals surface area contributed by atoms with Gasteiger partial charge in [-0.2, -0.15) is 0 Å². The number of hydrogen-bond donors (Lipinski definition) is 0. The minimum atomic E-state index is 0.603. The molecule has 266 valence electrons. The first-order valence-corrected chi connectivity index (χ1v) is 20.6. The lowest BCUT2D eigenvalue weighted by Crippen LogP contribution is -2.00. The lowest BCUT2D eigenvalue weighted by Gasteiger charge is -2.11. The highest BCUT2D eigenvalue weighted by molar-refractivity contribution is 7.26. The van der Waals surface area contributed by atoms with Crippen molar-refractivity contribution in [1.82, 2.24) is 15.0 Å². The van der Waals surface area contributed by atoms with E-state index < -0.39 is 0 Å². The Morgan fingerprint density at radius 3 is 1.58 bits per heavy atom. The van der Waals surface area contributed by atoms with E-state index in [0.29, 0.717) is 17.5 Å². The van der Waals surface area contributed by atoms with Crippen LogP contribution in [0.4, 0.5) is 0 Å². The number of benzene rings is 8. The molecule has 0 atom stereocenters. The molecule has 0 aliphatic rings. The summed E-state index contributed by atoms with van der Waals surface area (Å²) in [5.41, 5.74) is 9.03. The third-order valence-corrected chi connectivity index (χ3v) is 13.2. The van der Waals surface area contributed by atoms with Crippen LogP contribution in [0.3, 0.4) is 0 Å². The van der Waals surface area contributed by atoms with Gasteiger partial charge in [-0.3, -0.25) is 0 Å². The standard InChI is InChI=1S/C51H29N3OS2/c1-3-14-30(15-4-1)49-52-50(31-16-5-2-6-17-31)54-51(53-49)38-23-12-24-40-45(38)37-22-11-21-34(48(37)55-40)39-28-32(29-44-47(39)36-19-8-10-26-42(36)57-44)33-20-13-27-43-46(33)35-18-7-9-25-41(35)56-43/h1-29H. The van der Waals surface area contributed by atoms with Crippen molar-refractivity contribution in [3.63, 3.8) is 0 Å². The van der Waals surface area contributed by atoms with E-state index in [2.05, 4.69) is 109 Å². The highest BCUT2D eigenvalue weighted by atomic mass is 32.1. The first kappa shape index (κ1) is 32.3. The highest BCUT2D eigenvalue weighted by Crippen LogP contribution is 2.48. The molecule has 0 fully saturated rings. The van der Waals surface area contributed by atoms with E-state index in [1.807, 2.05) is 89.4 Å². The Bertz CT molecular complexity index is 3470. The molecule has 0 N–H and O–H groups in total. The Labute approximate surface area is 335 Å². The zero-order chi connectivity index (χ0) is 37.5. The van der Waals surface area contributed by atoms with Crippen molar-refractivity contribution in [2.45, 2.75) is 0 Å². The molecule has 0 unspecified atom stereocenters. The van der Waals surface area contributed by atoms with Gasteiger partial charge >= 0.3 is 0 Å². The highest BCUT2D eigenvalue weighted by Gasteiger charge is 2.22. The number of furan rings is 1. The molecule has 0 saturated carbocycles. The molecule has 0 bridgehead atoms. The van der Waals surface area contributed by atoms with Gasteiger partial charge < -0.3 is 4.42 Å². The maximum absolute atomic E-state index is 6.96. The predicted octanol–water partition coefficient (Wildman–Crippen LogP) is 14.8. The van der Waals surface area contributed by atoms with Gasteiger partial charge in [0.15, 0.2) is 17.5 Å². The molecule has 0 amide bonds. The van der Waals surface area contributed by atoms with Crippen molar-refractivity contribution in [2.75, 3.05) is 0 Å². The van der Waals surface area contributed by atoms with Crippen LogP contribution in [-0.2, 0) is 0 Å². The van der Waals surface area contributed by atoms with Gasteiger partial charge in [0.2, 0.25) is 0 Å². The van der Waals surface area contributed by atoms with Crippen molar-refractivity contribution in [3.8, 4) is 56.4 Å². The molecule has 0 aliphatic carbocycles. The van der Waals surface area contributed by atoms with E-state index in [0.717, 1.165) is 49.8 Å². The van der Waals surface area contributed by atoms with E-state index in [1.54, 1.807) is 0 Å². The summed E-state index contributed by atoms with van der Waals surface area (Å²) in [4.78, 5) is 15.2. The minimum Gasteiger partial charge on any atom is -0.455 e. The van der Waals surface area contributed by atoms with Crippen LogP contribution in [0.25, 0.3) is 119 Å².